The lowest BCUT2D eigenvalue weighted by atomic mass is 9.88. The molecule has 0 aliphatic heterocycles. The van der Waals surface area contributed by atoms with E-state index < -0.39 is 0 Å². The Balaban J connectivity index is 1.86. The fourth-order valence-electron chi connectivity index (χ4n) is 2.94. The second-order valence-electron chi connectivity index (χ2n) is 7.44. The Morgan fingerprint density at radius 3 is 2.73 bits per heavy atom. The average molecular weight is 401 g/mol. The van der Waals surface area contributed by atoms with Crippen LogP contribution in [0.4, 0.5) is 0 Å². The molecule has 0 N–H and O–H groups in total. The van der Waals surface area contributed by atoms with E-state index in [-0.39, 0.29) is 17.9 Å². The number of benzene rings is 1. The summed E-state index contributed by atoms with van der Waals surface area (Å²) in [5.74, 6) is 5.27. The normalized spacial score (nSPS) is 15.1. The number of terminal acetylenes is 2. The lowest BCUT2D eigenvalue weighted by molar-refractivity contribution is 0.0531. The van der Waals surface area contributed by atoms with E-state index >= 15 is 0 Å². The monoisotopic (exact) mass is 400 g/mol. The van der Waals surface area contributed by atoms with Crippen molar-refractivity contribution in [3.05, 3.63) is 77.4 Å². The summed E-state index contributed by atoms with van der Waals surface area (Å²) in [6.07, 6.45) is 20.8. The van der Waals surface area contributed by atoms with Gasteiger partial charge in [0, 0.05) is 19.2 Å². The van der Waals surface area contributed by atoms with Crippen molar-refractivity contribution in [1.82, 2.24) is 0 Å². The first-order valence-electron chi connectivity index (χ1n) is 10.2. The third kappa shape index (κ3) is 7.78. The maximum Gasteiger partial charge on any atom is 0.268 e. The number of rotatable bonds is 11. The van der Waals surface area contributed by atoms with Gasteiger partial charge in [-0.1, -0.05) is 47.9 Å². The summed E-state index contributed by atoms with van der Waals surface area (Å²) < 4.78 is 11.3. The van der Waals surface area contributed by atoms with Gasteiger partial charge in [-0.3, -0.25) is 0 Å². The van der Waals surface area contributed by atoms with Crippen molar-refractivity contribution < 1.29 is 9.47 Å². The van der Waals surface area contributed by atoms with E-state index in [2.05, 4.69) is 54.1 Å². The highest BCUT2D eigenvalue weighted by Gasteiger charge is 2.13. The number of nitrogens with zero attached hydrogens (tertiary/aromatic N) is 1. The van der Waals surface area contributed by atoms with Crippen molar-refractivity contribution in [3.63, 3.8) is 0 Å². The number of aryl methyl sites for hydroxylation is 2. The van der Waals surface area contributed by atoms with E-state index in [1.165, 1.54) is 5.57 Å². The van der Waals surface area contributed by atoms with E-state index in [4.69, 9.17) is 22.3 Å². The lowest BCUT2D eigenvalue weighted by Crippen LogP contribution is -2.19. The SMILES string of the molecule is C#CC(=N/C=C\C(=C)C(C#C)c1cc(C)ccc1C)O[C@H](C)COCCCC1=C[CH]1. The van der Waals surface area contributed by atoms with Crippen LogP contribution >= 0.6 is 0 Å². The van der Waals surface area contributed by atoms with Crippen molar-refractivity contribution in [2.75, 3.05) is 13.2 Å². The topological polar surface area (TPSA) is 30.8 Å². The molecule has 0 amide bonds. The molecule has 3 heteroatoms. The quantitative estimate of drug-likeness (QED) is 0.162. The van der Waals surface area contributed by atoms with Crippen LogP contribution < -0.4 is 0 Å². The Morgan fingerprint density at radius 1 is 1.30 bits per heavy atom. The van der Waals surface area contributed by atoms with Crippen LogP contribution in [0, 0.1) is 45.0 Å². The van der Waals surface area contributed by atoms with Crippen molar-refractivity contribution in [2.24, 2.45) is 4.99 Å². The first kappa shape index (κ1) is 23.3. The van der Waals surface area contributed by atoms with Gasteiger partial charge >= 0.3 is 0 Å². The zero-order valence-corrected chi connectivity index (χ0v) is 18.2. The van der Waals surface area contributed by atoms with Crippen LogP contribution in [0.15, 0.2) is 59.3 Å². The molecule has 30 heavy (non-hydrogen) atoms. The van der Waals surface area contributed by atoms with Crippen molar-refractivity contribution in [3.8, 4) is 24.7 Å². The van der Waals surface area contributed by atoms with E-state index in [1.807, 2.05) is 20.8 Å². The summed E-state index contributed by atoms with van der Waals surface area (Å²) in [6.45, 7) is 11.3. The molecular weight excluding hydrogens is 370 g/mol. The molecule has 1 aromatic carbocycles. The molecule has 0 spiro atoms. The summed E-state index contributed by atoms with van der Waals surface area (Å²) in [7, 11) is 0. The Hall–Kier alpha value is -3.01. The molecule has 1 aliphatic carbocycles. The maximum absolute atomic E-state index is 5.78. The van der Waals surface area contributed by atoms with Gasteiger partial charge < -0.3 is 9.47 Å². The molecule has 1 aliphatic rings. The standard InChI is InChI=1S/C27H30NO2/c1-7-25(26-18-20(3)11-12-21(26)4)22(5)15-16-28-27(8-2)30-23(6)19-29-17-9-10-24-13-14-24/h1-2,11-16,18,23,25H,5,9-10,17,19H2,3-4,6H3/b16-15-,28-27?/t23-,25?/m1/s1. The molecule has 1 aromatic rings. The van der Waals surface area contributed by atoms with Crippen molar-refractivity contribution in [1.29, 1.82) is 0 Å². The Morgan fingerprint density at radius 2 is 2.07 bits per heavy atom. The van der Waals surface area contributed by atoms with Gasteiger partial charge in [-0.2, -0.15) is 0 Å². The van der Waals surface area contributed by atoms with E-state index in [0.29, 0.717) is 13.2 Å². The third-order valence-electron chi connectivity index (χ3n) is 4.71. The first-order valence-corrected chi connectivity index (χ1v) is 10.2. The Labute approximate surface area is 181 Å². The molecule has 0 aromatic heterocycles. The highest BCUT2D eigenvalue weighted by atomic mass is 16.5. The van der Waals surface area contributed by atoms with E-state index in [9.17, 15) is 0 Å². The summed E-state index contributed by atoms with van der Waals surface area (Å²) in [5.41, 5.74) is 5.54. The van der Waals surface area contributed by atoms with Crippen LogP contribution in [0.3, 0.4) is 0 Å². The molecule has 2 rings (SSSR count). The molecule has 155 valence electrons. The van der Waals surface area contributed by atoms with Crippen LogP contribution in [0.2, 0.25) is 0 Å². The minimum atomic E-state index is -0.220. The molecule has 1 radical (unpaired) electrons. The van der Waals surface area contributed by atoms with Crippen LogP contribution in [0.5, 0.6) is 0 Å². The Kier molecular flexibility index (Phi) is 9.20. The second-order valence-corrected chi connectivity index (χ2v) is 7.44. The van der Waals surface area contributed by atoms with Gasteiger partial charge in [-0.15, -0.1) is 12.8 Å². The third-order valence-corrected chi connectivity index (χ3v) is 4.71. The fraction of sp³-hybridized carbons (Fsp3) is 0.333. The molecular formula is C27H30NO2. The van der Waals surface area contributed by atoms with Gasteiger partial charge in [0.25, 0.3) is 5.90 Å². The predicted octanol–water partition coefficient (Wildman–Crippen LogP) is 5.47. The smallest absolute Gasteiger partial charge is 0.268 e. The number of hydrogen-bond acceptors (Lipinski definition) is 3. The molecule has 0 saturated heterocycles. The van der Waals surface area contributed by atoms with E-state index in [0.717, 1.165) is 35.1 Å². The zero-order valence-electron chi connectivity index (χ0n) is 18.2. The summed E-state index contributed by atoms with van der Waals surface area (Å²) in [4.78, 5) is 4.23. The summed E-state index contributed by atoms with van der Waals surface area (Å²) >= 11 is 0. The van der Waals surface area contributed by atoms with Gasteiger partial charge in [0.1, 0.15) is 6.10 Å². The molecule has 0 saturated carbocycles. The van der Waals surface area contributed by atoms with Gasteiger partial charge in [0.2, 0.25) is 0 Å². The molecule has 0 fully saturated rings. The molecule has 1 unspecified atom stereocenters. The number of allylic oxidation sites excluding steroid dienone is 4. The lowest BCUT2D eigenvalue weighted by Gasteiger charge is -2.15. The molecule has 2 atom stereocenters. The van der Waals surface area contributed by atoms with Crippen LogP contribution in [0.25, 0.3) is 0 Å². The minimum absolute atomic E-state index is 0.184. The second kappa shape index (κ2) is 11.9. The molecule has 3 nitrogen and oxygen atoms in total. The highest BCUT2D eigenvalue weighted by molar-refractivity contribution is 5.93. The average Bonchev–Trinajstić information content (AvgIpc) is 3.54. The minimum Gasteiger partial charge on any atom is -0.466 e. The highest BCUT2D eigenvalue weighted by Crippen LogP contribution is 2.27. The van der Waals surface area contributed by atoms with Crippen molar-refractivity contribution in [2.45, 2.75) is 45.6 Å². The van der Waals surface area contributed by atoms with Crippen LogP contribution in [-0.2, 0) is 9.47 Å². The van der Waals surface area contributed by atoms with Crippen LogP contribution in [-0.4, -0.2) is 25.2 Å². The predicted molar refractivity (Wildman–Crippen MR) is 125 cm³/mol. The number of hydrogen-bond donors (Lipinski definition) is 0. The van der Waals surface area contributed by atoms with Gasteiger partial charge in [0.15, 0.2) is 0 Å². The number of ether oxygens (including phenoxy) is 2. The zero-order chi connectivity index (χ0) is 21.9. The number of aliphatic imine (C=N–C) groups is 1. The maximum atomic E-state index is 5.78. The summed E-state index contributed by atoms with van der Waals surface area (Å²) in [5, 5.41) is 0. The van der Waals surface area contributed by atoms with Gasteiger partial charge in [-0.05, 0) is 62.3 Å². The fourth-order valence-corrected chi connectivity index (χ4v) is 2.94. The largest absolute Gasteiger partial charge is 0.466 e. The van der Waals surface area contributed by atoms with E-state index in [1.54, 1.807) is 12.3 Å². The summed E-state index contributed by atoms with van der Waals surface area (Å²) in [6, 6.07) is 6.24. The van der Waals surface area contributed by atoms with Gasteiger partial charge in [0.05, 0.1) is 12.5 Å². The first-order chi connectivity index (χ1) is 14.4. The molecule has 0 bridgehead atoms. The van der Waals surface area contributed by atoms with Crippen molar-refractivity contribution >= 4 is 5.90 Å². The molecule has 0 heterocycles. The van der Waals surface area contributed by atoms with Crippen LogP contribution in [0.1, 0.15) is 42.4 Å². The van der Waals surface area contributed by atoms with Gasteiger partial charge in [-0.25, -0.2) is 4.99 Å². The Bertz CT molecular complexity index is 921.